The molecule has 0 N–H and O–H groups in total. The maximum atomic E-state index is 13.3. The Morgan fingerprint density at radius 2 is 1.66 bits per heavy atom. The van der Waals surface area contributed by atoms with Crippen molar-refractivity contribution in [2.24, 2.45) is 0 Å². The fraction of sp³-hybridized carbons (Fsp3) is 0.273. The summed E-state index contributed by atoms with van der Waals surface area (Å²) in [5.74, 6) is 0. The summed E-state index contributed by atoms with van der Waals surface area (Å²) in [6.45, 7) is 0.580. The van der Waals surface area contributed by atoms with E-state index in [1.54, 1.807) is 22.9 Å². The normalized spacial score (nSPS) is 16.7. The number of piperidine rings is 1. The third-order valence-corrected chi connectivity index (χ3v) is 7.89. The van der Waals surface area contributed by atoms with Crippen molar-refractivity contribution in [3.05, 3.63) is 66.2 Å². The van der Waals surface area contributed by atoms with Gasteiger partial charge in [0.05, 0.1) is 22.0 Å². The summed E-state index contributed by atoms with van der Waals surface area (Å²) in [6.07, 6.45) is -3.47. The van der Waals surface area contributed by atoms with Gasteiger partial charge in [0, 0.05) is 18.5 Å². The number of rotatable bonds is 3. The van der Waals surface area contributed by atoms with E-state index >= 15 is 0 Å². The Bertz CT molecular complexity index is 1400. The average Bonchev–Trinajstić information content (AvgIpc) is 3.21. The van der Waals surface area contributed by atoms with E-state index < -0.39 is 21.8 Å². The van der Waals surface area contributed by atoms with Gasteiger partial charge in [-0.1, -0.05) is 41.6 Å². The van der Waals surface area contributed by atoms with Gasteiger partial charge < -0.3 is 0 Å². The summed E-state index contributed by atoms with van der Waals surface area (Å²) in [6, 6.07) is 15.8. The van der Waals surface area contributed by atoms with Gasteiger partial charge >= 0.3 is 6.18 Å². The number of halogens is 3. The molecule has 0 atom stereocenters. The SMILES string of the molecule is O=S(=O)(c1cccc2ccccc12)N1CCC(n2nnc3cc(C(F)(F)F)ccc32)CC1. The Balaban J connectivity index is 1.38. The fourth-order valence-corrected chi connectivity index (χ4v) is 5.96. The Morgan fingerprint density at radius 3 is 2.41 bits per heavy atom. The first kappa shape index (κ1) is 20.9. The number of hydrogen-bond donors (Lipinski definition) is 0. The molecule has 5 rings (SSSR count). The maximum absolute atomic E-state index is 13.3. The standard InChI is InChI=1S/C22H19F3N4O2S/c23-22(24,25)16-8-9-20-19(14-16)26-27-29(20)17-10-12-28(13-11-17)32(30,31)21-7-3-5-15-4-1-2-6-18(15)21/h1-9,14,17H,10-13H2. The molecule has 166 valence electrons. The Hall–Kier alpha value is -2.98. The Morgan fingerprint density at radius 1 is 0.938 bits per heavy atom. The van der Waals surface area contributed by atoms with E-state index in [-0.39, 0.29) is 29.5 Å². The van der Waals surface area contributed by atoms with Gasteiger partial charge in [0.2, 0.25) is 10.0 Å². The monoisotopic (exact) mass is 460 g/mol. The molecule has 6 nitrogen and oxygen atoms in total. The van der Waals surface area contributed by atoms with Gasteiger partial charge in [-0.15, -0.1) is 5.10 Å². The molecule has 0 radical (unpaired) electrons. The summed E-state index contributed by atoms with van der Waals surface area (Å²) in [5.41, 5.74) is -0.0907. The van der Waals surface area contributed by atoms with Crippen molar-refractivity contribution in [1.29, 1.82) is 0 Å². The summed E-state index contributed by atoms with van der Waals surface area (Å²) in [5, 5.41) is 9.50. The minimum absolute atomic E-state index is 0.143. The summed E-state index contributed by atoms with van der Waals surface area (Å²) in [4.78, 5) is 0.278. The van der Waals surface area contributed by atoms with Gasteiger partial charge in [0.15, 0.2) is 0 Å². The molecule has 1 aromatic heterocycles. The van der Waals surface area contributed by atoms with E-state index in [4.69, 9.17) is 0 Å². The Kier molecular flexibility index (Phi) is 4.94. The predicted molar refractivity (Wildman–Crippen MR) is 114 cm³/mol. The van der Waals surface area contributed by atoms with E-state index in [0.717, 1.165) is 17.5 Å². The van der Waals surface area contributed by atoms with Crippen molar-refractivity contribution in [3.8, 4) is 0 Å². The minimum atomic E-state index is -4.45. The lowest BCUT2D eigenvalue weighted by molar-refractivity contribution is -0.137. The third-order valence-electron chi connectivity index (χ3n) is 5.94. The maximum Gasteiger partial charge on any atom is 0.416 e. The molecule has 0 spiro atoms. The van der Waals surface area contributed by atoms with Gasteiger partial charge in [0.25, 0.3) is 0 Å². The molecule has 2 heterocycles. The van der Waals surface area contributed by atoms with Crippen molar-refractivity contribution in [1.82, 2.24) is 19.3 Å². The summed E-state index contributed by atoms with van der Waals surface area (Å²) in [7, 11) is -3.68. The molecule has 4 aromatic rings. The molecule has 0 bridgehead atoms. The number of aromatic nitrogens is 3. The van der Waals surface area contributed by atoms with E-state index in [0.29, 0.717) is 23.7 Å². The predicted octanol–water partition coefficient (Wildman–Crippen LogP) is 4.63. The molecule has 1 aliphatic heterocycles. The van der Waals surface area contributed by atoms with Crippen LogP contribution in [0.25, 0.3) is 21.8 Å². The lowest BCUT2D eigenvalue weighted by Gasteiger charge is -2.31. The highest BCUT2D eigenvalue weighted by atomic mass is 32.2. The van der Waals surface area contributed by atoms with Crippen LogP contribution in [0.1, 0.15) is 24.4 Å². The molecule has 1 saturated heterocycles. The first-order valence-corrected chi connectivity index (χ1v) is 11.6. The smallest absolute Gasteiger partial charge is 0.242 e. The highest BCUT2D eigenvalue weighted by molar-refractivity contribution is 7.89. The zero-order valence-corrected chi connectivity index (χ0v) is 17.6. The van der Waals surface area contributed by atoms with Gasteiger partial charge in [-0.2, -0.15) is 17.5 Å². The molecule has 1 aliphatic rings. The number of benzene rings is 3. The lowest BCUT2D eigenvalue weighted by atomic mass is 10.1. The van der Waals surface area contributed by atoms with Crippen molar-refractivity contribution in [3.63, 3.8) is 0 Å². The summed E-state index contributed by atoms with van der Waals surface area (Å²) >= 11 is 0. The van der Waals surface area contributed by atoms with E-state index in [1.807, 2.05) is 24.3 Å². The molecular weight excluding hydrogens is 441 g/mol. The first-order valence-electron chi connectivity index (χ1n) is 10.2. The van der Waals surface area contributed by atoms with Gasteiger partial charge in [-0.25, -0.2) is 13.1 Å². The molecule has 10 heteroatoms. The van der Waals surface area contributed by atoms with Gasteiger partial charge in [0.1, 0.15) is 5.52 Å². The van der Waals surface area contributed by atoms with E-state index in [1.165, 1.54) is 10.4 Å². The van der Waals surface area contributed by atoms with Crippen LogP contribution in [0.3, 0.4) is 0 Å². The first-order chi connectivity index (χ1) is 15.2. The molecule has 32 heavy (non-hydrogen) atoms. The molecule has 0 saturated carbocycles. The van der Waals surface area contributed by atoms with Crippen LogP contribution in [0.15, 0.2) is 65.6 Å². The number of fused-ring (bicyclic) bond motifs is 2. The highest BCUT2D eigenvalue weighted by Crippen LogP contribution is 2.34. The minimum Gasteiger partial charge on any atom is -0.242 e. The molecule has 1 fully saturated rings. The van der Waals surface area contributed by atoms with Crippen LogP contribution in [-0.2, 0) is 16.2 Å². The highest BCUT2D eigenvalue weighted by Gasteiger charge is 2.33. The molecule has 3 aromatic carbocycles. The Labute approximate surface area is 182 Å². The van der Waals surface area contributed by atoms with Crippen LogP contribution in [0, 0.1) is 0 Å². The summed E-state index contributed by atoms with van der Waals surface area (Å²) < 4.78 is 68.6. The van der Waals surface area contributed by atoms with E-state index in [9.17, 15) is 21.6 Å². The number of alkyl halides is 3. The van der Waals surface area contributed by atoms with Crippen LogP contribution >= 0.6 is 0 Å². The van der Waals surface area contributed by atoms with Crippen LogP contribution in [0.4, 0.5) is 13.2 Å². The number of sulfonamides is 1. The lowest BCUT2D eigenvalue weighted by Crippen LogP contribution is -2.39. The van der Waals surface area contributed by atoms with Crippen LogP contribution in [-0.4, -0.2) is 40.8 Å². The topological polar surface area (TPSA) is 68.1 Å². The van der Waals surface area contributed by atoms with Gasteiger partial charge in [-0.05, 0) is 42.5 Å². The average molecular weight is 460 g/mol. The van der Waals surface area contributed by atoms with Crippen molar-refractivity contribution >= 4 is 31.8 Å². The van der Waals surface area contributed by atoms with Gasteiger partial charge in [-0.3, -0.25) is 0 Å². The zero-order chi connectivity index (χ0) is 22.5. The second-order valence-corrected chi connectivity index (χ2v) is 9.75. The quantitative estimate of drug-likeness (QED) is 0.447. The molecular formula is C22H19F3N4O2S. The molecule has 0 unspecified atom stereocenters. The van der Waals surface area contributed by atoms with Crippen LogP contribution in [0.5, 0.6) is 0 Å². The van der Waals surface area contributed by atoms with Crippen LogP contribution in [0.2, 0.25) is 0 Å². The van der Waals surface area contributed by atoms with Crippen molar-refractivity contribution in [2.45, 2.75) is 30.0 Å². The largest absolute Gasteiger partial charge is 0.416 e. The van der Waals surface area contributed by atoms with Crippen LogP contribution < -0.4 is 0 Å². The molecule has 0 aliphatic carbocycles. The second kappa shape index (κ2) is 7.56. The fourth-order valence-electron chi connectivity index (χ4n) is 4.27. The van der Waals surface area contributed by atoms with Crippen molar-refractivity contribution < 1.29 is 21.6 Å². The number of hydrogen-bond acceptors (Lipinski definition) is 4. The molecule has 0 amide bonds. The third kappa shape index (κ3) is 3.53. The number of nitrogens with zero attached hydrogens (tertiary/aromatic N) is 4. The van der Waals surface area contributed by atoms with Crippen molar-refractivity contribution in [2.75, 3.05) is 13.1 Å². The second-order valence-electron chi connectivity index (χ2n) is 7.85. The zero-order valence-electron chi connectivity index (χ0n) is 16.8. The van der Waals surface area contributed by atoms with E-state index in [2.05, 4.69) is 10.3 Å².